The van der Waals surface area contributed by atoms with Crippen LogP contribution >= 0.6 is 6.04 Å². The molecule has 0 unspecified atom stereocenters. The van der Waals surface area contributed by atoms with Gasteiger partial charge in [0, 0.05) is 6.04 Å². The highest BCUT2D eigenvalue weighted by molar-refractivity contribution is 8.23. The Morgan fingerprint density at radius 1 is 0.909 bits per heavy atom. The zero-order valence-electron chi connectivity index (χ0n) is 13.5. The predicted molar refractivity (Wildman–Crippen MR) is 104 cm³/mol. The Morgan fingerprint density at radius 3 is 1.86 bits per heavy atom. The van der Waals surface area contributed by atoms with Crippen LogP contribution in [0.5, 0.6) is 0 Å². The van der Waals surface area contributed by atoms with Crippen molar-refractivity contribution < 1.29 is 0 Å². The molecule has 2 aromatic carbocycles. The normalized spacial score (nSPS) is 12.4. The molecule has 22 heavy (non-hydrogen) atoms. The van der Waals surface area contributed by atoms with Gasteiger partial charge in [-0.05, 0) is 35.7 Å². The monoisotopic (exact) mass is 328 g/mol. The van der Waals surface area contributed by atoms with E-state index in [2.05, 4.69) is 80.6 Å². The summed E-state index contributed by atoms with van der Waals surface area (Å²) in [6.07, 6.45) is 7.34. The standard InChI is InChI=1S/C20H25PS/c1-3-4-5-8-13-18(2)21(22,19-14-9-6-10-15-19)20-16-11-7-12-17-20/h6-7,9-17H,3-5,8H2,1-2H3/b18-13+. The lowest BCUT2D eigenvalue weighted by molar-refractivity contribution is 0.728. The largest absolute Gasteiger partial charge is 0.0830 e. The summed E-state index contributed by atoms with van der Waals surface area (Å²) in [6.45, 7) is 4.47. The van der Waals surface area contributed by atoms with E-state index in [0.29, 0.717) is 0 Å². The molecule has 0 fully saturated rings. The van der Waals surface area contributed by atoms with Gasteiger partial charge in [-0.2, -0.15) is 0 Å². The zero-order valence-corrected chi connectivity index (χ0v) is 15.2. The van der Waals surface area contributed by atoms with Crippen molar-refractivity contribution >= 4 is 28.5 Å². The van der Waals surface area contributed by atoms with Gasteiger partial charge in [0.25, 0.3) is 0 Å². The summed E-state index contributed by atoms with van der Waals surface area (Å²) in [4.78, 5) is 0. The summed E-state index contributed by atoms with van der Waals surface area (Å²) in [6, 6.07) is 19.4. The summed E-state index contributed by atoms with van der Waals surface area (Å²) in [5.41, 5.74) is 0. The van der Waals surface area contributed by atoms with Crippen LogP contribution in [0.1, 0.15) is 39.5 Å². The van der Waals surface area contributed by atoms with Crippen LogP contribution in [0, 0.1) is 0 Å². The molecular formula is C20H25PS. The average molecular weight is 328 g/mol. The van der Waals surface area contributed by atoms with E-state index in [1.54, 1.807) is 0 Å². The lowest BCUT2D eigenvalue weighted by Crippen LogP contribution is -2.16. The maximum atomic E-state index is 6.28. The molecule has 0 bridgehead atoms. The number of benzene rings is 2. The van der Waals surface area contributed by atoms with Gasteiger partial charge in [-0.3, -0.25) is 0 Å². The first-order valence-corrected chi connectivity index (χ1v) is 10.9. The molecule has 0 atom stereocenters. The third kappa shape index (κ3) is 3.97. The molecule has 0 spiro atoms. The van der Waals surface area contributed by atoms with Crippen molar-refractivity contribution in [1.82, 2.24) is 0 Å². The fourth-order valence-corrected chi connectivity index (χ4v) is 6.30. The van der Waals surface area contributed by atoms with Gasteiger partial charge < -0.3 is 0 Å². The van der Waals surface area contributed by atoms with Gasteiger partial charge in [0.05, 0.1) is 0 Å². The highest BCUT2D eigenvalue weighted by Crippen LogP contribution is 2.51. The first kappa shape index (κ1) is 17.2. The van der Waals surface area contributed by atoms with E-state index in [-0.39, 0.29) is 0 Å². The minimum absolute atomic E-state index is 1.14. The van der Waals surface area contributed by atoms with E-state index in [1.807, 2.05) is 0 Å². The minimum atomic E-state index is -1.87. The Balaban J connectivity index is 2.41. The molecule has 2 heteroatoms. The topological polar surface area (TPSA) is 0 Å². The molecule has 0 nitrogen and oxygen atoms in total. The summed E-state index contributed by atoms with van der Waals surface area (Å²) in [5, 5.41) is 3.96. The number of unbranched alkanes of at least 4 members (excludes halogenated alkanes) is 3. The molecule has 0 aromatic heterocycles. The van der Waals surface area contributed by atoms with Crippen molar-refractivity contribution in [3.63, 3.8) is 0 Å². The Hall–Kier alpha value is -1.17. The maximum Gasteiger partial charge on any atom is 0.0334 e. The third-order valence-corrected chi connectivity index (χ3v) is 9.34. The molecule has 0 aliphatic carbocycles. The molecule has 0 saturated carbocycles. The summed E-state index contributed by atoms with van der Waals surface area (Å²) in [5.74, 6) is 0. The van der Waals surface area contributed by atoms with E-state index in [1.165, 1.54) is 35.2 Å². The van der Waals surface area contributed by atoms with Crippen LogP contribution in [0.15, 0.2) is 72.1 Å². The fraction of sp³-hybridized carbons (Fsp3) is 0.300. The van der Waals surface area contributed by atoms with Crippen LogP contribution in [-0.2, 0) is 11.8 Å². The van der Waals surface area contributed by atoms with E-state index in [0.717, 1.165) is 6.42 Å². The minimum Gasteiger partial charge on any atom is -0.0830 e. The van der Waals surface area contributed by atoms with Crippen LogP contribution in [0.4, 0.5) is 0 Å². The van der Waals surface area contributed by atoms with Gasteiger partial charge in [-0.15, -0.1) is 0 Å². The van der Waals surface area contributed by atoms with Crippen LogP contribution in [-0.4, -0.2) is 0 Å². The Bertz CT molecular complexity index is 600. The van der Waals surface area contributed by atoms with Crippen molar-refractivity contribution in [2.45, 2.75) is 39.5 Å². The second-order valence-corrected chi connectivity index (χ2v) is 10.2. The van der Waals surface area contributed by atoms with Gasteiger partial charge >= 0.3 is 0 Å². The van der Waals surface area contributed by atoms with E-state index < -0.39 is 6.04 Å². The predicted octanol–water partition coefficient (Wildman–Crippen LogP) is 5.60. The van der Waals surface area contributed by atoms with Gasteiger partial charge in [-0.25, -0.2) is 0 Å². The van der Waals surface area contributed by atoms with Gasteiger partial charge in [0.1, 0.15) is 0 Å². The quantitative estimate of drug-likeness (QED) is 0.471. The summed E-state index contributed by atoms with van der Waals surface area (Å²) >= 11 is 6.28. The molecule has 0 amide bonds. The molecule has 0 radical (unpaired) electrons. The first-order chi connectivity index (χ1) is 10.7. The van der Waals surface area contributed by atoms with Crippen molar-refractivity contribution in [1.29, 1.82) is 0 Å². The lowest BCUT2D eigenvalue weighted by atomic mass is 10.2. The third-order valence-electron chi connectivity index (χ3n) is 3.98. The summed E-state index contributed by atoms with van der Waals surface area (Å²) < 4.78 is 0. The van der Waals surface area contributed by atoms with Gasteiger partial charge in [0.15, 0.2) is 0 Å². The number of hydrogen-bond donors (Lipinski definition) is 0. The zero-order chi connectivity index (χ0) is 15.8. The molecule has 2 rings (SSSR count). The SMILES string of the molecule is CCCCC/C=C(\C)P(=S)(c1ccccc1)c1ccccc1. The smallest absolute Gasteiger partial charge is 0.0334 e. The van der Waals surface area contributed by atoms with Crippen molar-refractivity contribution in [3.8, 4) is 0 Å². The van der Waals surface area contributed by atoms with Crippen LogP contribution < -0.4 is 10.6 Å². The lowest BCUT2D eigenvalue weighted by Gasteiger charge is -2.24. The van der Waals surface area contributed by atoms with E-state index in [4.69, 9.17) is 11.8 Å². The van der Waals surface area contributed by atoms with E-state index in [9.17, 15) is 0 Å². The Labute approximate surface area is 140 Å². The van der Waals surface area contributed by atoms with Gasteiger partial charge in [-0.1, -0.05) is 98.3 Å². The Kier molecular flexibility index (Phi) is 6.61. The van der Waals surface area contributed by atoms with Crippen LogP contribution in [0.2, 0.25) is 0 Å². The first-order valence-electron chi connectivity index (χ1n) is 8.08. The molecule has 0 aliphatic heterocycles. The van der Waals surface area contributed by atoms with Crippen molar-refractivity contribution in [2.24, 2.45) is 0 Å². The molecule has 0 N–H and O–H groups in total. The fourth-order valence-electron chi connectivity index (χ4n) is 2.67. The second kappa shape index (κ2) is 8.46. The van der Waals surface area contributed by atoms with Crippen LogP contribution in [0.3, 0.4) is 0 Å². The number of allylic oxidation sites excluding steroid dienone is 2. The highest BCUT2D eigenvalue weighted by Gasteiger charge is 2.23. The van der Waals surface area contributed by atoms with Crippen molar-refractivity contribution in [2.75, 3.05) is 0 Å². The van der Waals surface area contributed by atoms with Gasteiger partial charge in [0.2, 0.25) is 0 Å². The molecule has 0 aliphatic rings. The Morgan fingerprint density at radius 2 is 1.41 bits per heavy atom. The molecule has 2 aromatic rings. The highest BCUT2D eigenvalue weighted by atomic mass is 32.4. The van der Waals surface area contributed by atoms with Crippen molar-refractivity contribution in [3.05, 3.63) is 72.1 Å². The molecule has 0 saturated heterocycles. The van der Waals surface area contributed by atoms with E-state index >= 15 is 0 Å². The second-order valence-electron chi connectivity index (χ2n) is 5.62. The van der Waals surface area contributed by atoms with Crippen LogP contribution in [0.25, 0.3) is 0 Å². The number of rotatable bonds is 7. The maximum absolute atomic E-state index is 6.28. The molecule has 116 valence electrons. The number of hydrogen-bond acceptors (Lipinski definition) is 1. The summed E-state index contributed by atoms with van der Waals surface area (Å²) in [7, 11) is 0. The molecule has 0 heterocycles. The molecular weight excluding hydrogens is 303 g/mol. The average Bonchev–Trinajstić information content (AvgIpc) is 2.59.